The van der Waals surface area contributed by atoms with Crippen LogP contribution in [0.3, 0.4) is 0 Å². The normalized spacial score (nSPS) is 29.9. The minimum atomic E-state index is 0.346. The topological polar surface area (TPSA) is 35.5 Å². The Balaban J connectivity index is 1.87. The number of nitrogens with zero attached hydrogens (tertiary/aromatic N) is 1. The third-order valence-electron chi connectivity index (χ3n) is 5.03. The number of aliphatic hydroxyl groups excluding tert-OH is 1. The van der Waals surface area contributed by atoms with Gasteiger partial charge in [-0.3, -0.25) is 4.90 Å². The summed E-state index contributed by atoms with van der Waals surface area (Å²) in [7, 11) is 0. The lowest BCUT2D eigenvalue weighted by Gasteiger charge is -2.42. The minimum absolute atomic E-state index is 0.346. The van der Waals surface area contributed by atoms with Crippen LogP contribution in [0, 0.1) is 17.8 Å². The van der Waals surface area contributed by atoms with Crippen molar-refractivity contribution < 1.29 is 5.11 Å². The fourth-order valence-corrected chi connectivity index (χ4v) is 3.59. The lowest BCUT2D eigenvalue weighted by Crippen LogP contribution is -2.53. The highest BCUT2D eigenvalue weighted by atomic mass is 16.2. The van der Waals surface area contributed by atoms with Gasteiger partial charge >= 0.3 is 0 Å². The number of hydrogen-bond acceptors (Lipinski definition) is 3. The molecular weight excluding hydrogens is 248 g/mol. The van der Waals surface area contributed by atoms with E-state index in [9.17, 15) is 0 Å². The Kier molecular flexibility index (Phi) is 6.31. The maximum Gasteiger partial charge on any atom is 0.0431 e. The molecule has 0 radical (unpaired) electrons. The lowest BCUT2D eigenvalue weighted by atomic mass is 9.89. The third-order valence-corrected chi connectivity index (χ3v) is 5.03. The molecule has 0 aromatic carbocycles. The highest BCUT2D eigenvalue weighted by Gasteiger charge is 2.36. The molecule has 0 aromatic heterocycles. The van der Waals surface area contributed by atoms with Crippen LogP contribution in [0.4, 0.5) is 0 Å². The average molecular weight is 282 g/mol. The van der Waals surface area contributed by atoms with Gasteiger partial charge in [0.05, 0.1) is 0 Å². The molecule has 118 valence electrons. The first-order valence-electron chi connectivity index (χ1n) is 8.68. The van der Waals surface area contributed by atoms with Gasteiger partial charge in [0.15, 0.2) is 0 Å². The number of nitrogens with one attached hydrogen (secondary N) is 1. The average Bonchev–Trinajstić information content (AvgIpc) is 3.26. The maximum atomic E-state index is 9.08. The Morgan fingerprint density at radius 3 is 2.55 bits per heavy atom. The van der Waals surface area contributed by atoms with Crippen molar-refractivity contribution in [3.8, 4) is 0 Å². The van der Waals surface area contributed by atoms with E-state index in [1.165, 1.54) is 38.8 Å². The van der Waals surface area contributed by atoms with Crippen molar-refractivity contribution in [1.82, 2.24) is 10.2 Å². The Hall–Kier alpha value is -0.120. The zero-order valence-corrected chi connectivity index (χ0v) is 13.6. The van der Waals surface area contributed by atoms with Gasteiger partial charge < -0.3 is 10.4 Å². The molecule has 3 atom stereocenters. The fraction of sp³-hybridized carbons (Fsp3) is 1.00. The third kappa shape index (κ3) is 5.01. The standard InChI is InChI=1S/C17H34N2O/c1-13(2)10-18-17-9-15(5-4-8-20)11-19(12-17)14(3)16-6-7-16/h13-18,20H,4-12H2,1-3H3. The van der Waals surface area contributed by atoms with E-state index in [2.05, 4.69) is 31.0 Å². The highest BCUT2D eigenvalue weighted by molar-refractivity contribution is 4.91. The van der Waals surface area contributed by atoms with Crippen LogP contribution < -0.4 is 5.32 Å². The summed E-state index contributed by atoms with van der Waals surface area (Å²) in [6, 6.07) is 1.41. The van der Waals surface area contributed by atoms with Crippen LogP contribution in [0.2, 0.25) is 0 Å². The molecule has 0 bridgehead atoms. The van der Waals surface area contributed by atoms with Crippen molar-refractivity contribution in [2.45, 2.75) is 65.0 Å². The highest BCUT2D eigenvalue weighted by Crippen LogP contribution is 2.37. The first-order valence-corrected chi connectivity index (χ1v) is 8.68. The molecule has 3 nitrogen and oxygen atoms in total. The van der Waals surface area contributed by atoms with Crippen LogP contribution in [0.5, 0.6) is 0 Å². The van der Waals surface area contributed by atoms with Gasteiger partial charge in [0.25, 0.3) is 0 Å². The first kappa shape index (κ1) is 16.3. The van der Waals surface area contributed by atoms with E-state index in [-0.39, 0.29) is 0 Å². The summed E-state index contributed by atoms with van der Waals surface area (Å²) in [4.78, 5) is 2.72. The van der Waals surface area contributed by atoms with Gasteiger partial charge in [-0.2, -0.15) is 0 Å². The molecule has 1 saturated carbocycles. The Morgan fingerprint density at radius 1 is 1.20 bits per heavy atom. The monoisotopic (exact) mass is 282 g/mol. The molecule has 1 heterocycles. The second-order valence-electron chi connectivity index (χ2n) is 7.50. The lowest BCUT2D eigenvalue weighted by molar-refractivity contribution is 0.0865. The smallest absolute Gasteiger partial charge is 0.0431 e. The molecule has 1 aliphatic carbocycles. The van der Waals surface area contributed by atoms with E-state index >= 15 is 0 Å². The molecule has 2 rings (SSSR count). The van der Waals surface area contributed by atoms with Crippen LogP contribution in [0.15, 0.2) is 0 Å². The maximum absolute atomic E-state index is 9.08. The van der Waals surface area contributed by atoms with Crippen molar-refractivity contribution in [3.63, 3.8) is 0 Å². The van der Waals surface area contributed by atoms with E-state index in [1.807, 2.05) is 0 Å². The molecule has 3 heteroatoms. The van der Waals surface area contributed by atoms with Crippen molar-refractivity contribution in [2.75, 3.05) is 26.2 Å². The predicted molar refractivity (Wildman–Crippen MR) is 84.8 cm³/mol. The summed E-state index contributed by atoms with van der Waals surface area (Å²) < 4.78 is 0. The van der Waals surface area contributed by atoms with E-state index < -0.39 is 0 Å². The Morgan fingerprint density at radius 2 is 1.95 bits per heavy atom. The zero-order valence-electron chi connectivity index (χ0n) is 13.6. The predicted octanol–water partition coefficient (Wildman–Crippen LogP) is 2.49. The van der Waals surface area contributed by atoms with Gasteiger partial charge in [-0.1, -0.05) is 13.8 Å². The van der Waals surface area contributed by atoms with E-state index in [0.717, 1.165) is 36.8 Å². The SMILES string of the molecule is CC(C)CNC1CC(CCCO)CN(C(C)C2CC2)C1. The number of likely N-dealkylation sites (tertiary alicyclic amines) is 1. The summed E-state index contributed by atoms with van der Waals surface area (Å²) in [5, 5.41) is 12.9. The number of aliphatic hydroxyl groups is 1. The van der Waals surface area contributed by atoms with E-state index in [4.69, 9.17) is 5.11 Å². The zero-order chi connectivity index (χ0) is 14.5. The summed E-state index contributed by atoms with van der Waals surface area (Å²) >= 11 is 0. The van der Waals surface area contributed by atoms with Crippen LogP contribution >= 0.6 is 0 Å². The van der Waals surface area contributed by atoms with Crippen LogP contribution in [-0.2, 0) is 0 Å². The van der Waals surface area contributed by atoms with E-state index in [1.54, 1.807) is 0 Å². The second kappa shape index (κ2) is 7.77. The van der Waals surface area contributed by atoms with Gasteiger partial charge in [0, 0.05) is 31.8 Å². The van der Waals surface area contributed by atoms with Gasteiger partial charge in [-0.15, -0.1) is 0 Å². The number of hydrogen-bond donors (Lipinski definition) is 2. The summed E-state index contributed by atoms with van der Waals surface area (Å²) in [6.45, 7) is 10.9. The van der Waals surface area contributed by atoms with E-state index in [0.29, 0.717) is 12.6 Å². The molecule has 2 N–H and O–H groups in total. The molecule has 0 aromatic rings. The summed E-state index contributed by atoms with van der Waals surface area (Å²) in [6.07, 6.45) is 6.31. The number of piperidine rings is 1. The van der Waals surface area contributed by atoms with Gasteiger partial charge in [0.1, 0.15) is 0 Å². The van der Waals surface area contributed by atoms with Crippen molar-refractivity contribution in [1.29, 1.82) is 0 Å². The Labute approximate surface area is 125 Å². The summed E-state index contributed by atoms with van der Waals surface area (Å²) in [5.41, 5.74) is 0. The molecule has 20 heavy (non-hydrogen) atoms. The van der Waals surface area contributed by atoms with Crippen molar-refractivity contribution in [2.24, 2.45) is 17.8 Å². The van der Waals surface area contributed by atoms with Gasteiger partial charge in [0.2, 0.25) is 0 Å². The second-order valence-corrected chi connectivity index (χ2v) is 7.50. The van der Waals surface area contributed by atoms with Gasteiger partial charge in [-0.25, -0.2) is 0 Å². The molecule has 0 amide bonds. The molecule has 3 unspecified atom stereocenters. The Bertz CT molecular complexity index is 278. The molecule has 1 saturated heterocycles. The molecule has 2 fully saturated rings. The molecule has 2 aliphatic rings. The quantitative estimate of drug-likeness (QED) is 0.718. The van der Waals surface area contributed by atoms with Crippen LogP contribution in [0.1, 0.15) is 52.9 Å². The fourth-order valence-electron chi connectivity index (χ4n) is 3.59. The first-order chi connectivity index (χ1) is 9.60. The molecular formula is C17H34N2O. The van der Waals surface area contributed by atoms with Crippen LogP contribution in [-0.4, -0.2) is 48.3 Å². The van der Waals surface area contributed by atoms with Crippen molar-refractivity contribution in [3.05, 3.63) is 0 Å². The minimum Gasteiger partial charge on any atom is -0.396 e. The number of rotatable bonds is 8. The molecule has 0 spiro atoms. The van der Waals surface area contributed by atoms with Crippen LogP contribution in [0.25, 0.3) is 0 Å². The largest absolute Gasteiger partial charge is 0.396 e. The van der Waals surface area contributed by atoms with Crippen molar-refractivity contribution >= 4 is 0 Å². The summed E-state index contributed by atoms with van der Waals surface area (Å²) in [5.74, 6) is 2.45. The molecule has 1 aliphatic heterocycles. The van der Waals surface area contributed by atoms with Gasteiger partial charge in [-0.05, 0) is 63.3 Å².